The molecule has 2 nitrogen and oxygen atoms in total. The summed E-state index contributed by atoms with van der Waals surface area (Å²) in [5.41, 5.74) is -0.305. The van der Waals surface area contributed by atoms with E-state index in [1.165, 1.54) is 0 Å². The van der Waals surface area contributed by atoms with Crippen molar-refractivity contribution in [3.8, 4) is 12.3 Å². The maximum absolute atomic E-state index is 5.46. The fourth-order valence-electron chi connectivity index (χ4n) is 1.73. The molecular formula is C10H12O2. The molecule has 2 heteroatoms. The Morgan fingerprint density at radius 2 is 2.33 bits per heavy atom. The number of rotatable bonds is 1. The topological polar surface area (TPSA) is 18.5 Å². The van der Waals surface area contributed by atoms with Gasteiger partial charge in [-0.1, -0.05) is 5.92 Å². The highest BCUT2D eigenvalue weighted by Crippen LogP contribution is 2.37. The van der Waals surface area contributed by atoms with Crippen LogP contribution in [0, 0.1) is 18.3 Å². The molecule has 64 valence electrons. The van der Waals surface area contributed by atoms with Crippen molar-refractivity contribution < 1.29 is 9.47 Å². The molecule has 0 radical (unpaired) electrons. The largest absolute Gasteiger partial charge is 0.501 e. The second-order valence-electron chi connectivity index (χ2n) is 3.23. The highest BCUT2D eigenvalue weighted by molar-refractivity contribution is 5.19. The molecule has 2 unspecified atom stereocenters. The second kappa shape index (κ2) is 2.84. The zero-order valence-corrected chi connectivity index (χ0v) is 6.95. The predicted molar refractivity (Wildman–Crippen MR) is 45.3 cm³/mol. The molecule has 1 saturated heterocycles. The molecule has 0 N–H and O–H groups in total. The summed E-state index contributed by atoms with van der Waals surface area (Å²) in [6, 6.07) is 0. The van der Waals surface area contributed by atoms with Crippen LogP contribution in [0.5, 0.6) is 0 Å². The van der Waals surface area contributed by atoms with Crippen LogP contribution in [0.3, 0.4) is 0 Å². The van der Waals surface area contributed by atoms with Gasteiger partial charge in [0.15, 0.2) is 0 Å². The lowest BCUT2D eigenvalue weighted by molar-refractivity contribution is -0.134. The van der Waals surface area contributed by atoms with Gasteiger partial charge in [0, 0.05) is 12.3 Å². The van der Waals surface area contributed by atoms with Gasteiger partial charge in [-0.15, -0.1) is 6.42 Å². The molecule has 0 spiro atoms. The highest BCUT2D eigenvalue weighted by Gasteiger charge is 2.43. The molecule has 1 fully saturated rings. The monoisotopic (exact) mass is 164 g/mol. The minimum absolute atomic E-state index is 0.305. The van der Waals surface area contributed by atoms with Crippen LogP contribution < -0.4 is 0 Å². The summed E-state index contributed by atoms with van der Waals surface area (Å²) in [4.78, 5) is 0. The fraction of sp³-hybridized carbons (Fsp3) is 0.600. The summed E-state index contributed by atoms with van der Waals surface area (Å²) in [6.07, 6.45) is 11.2. The number of hydrogen-bond donors (Lipinski definition) is 0. The highest BCUT2D eigenvalue weighted by atomic mass is 16.5. The average molecular weight is 164 g/mol. The summed E-state index contributed by atoms with van der Waals surface area (Å²) in [5, 5.41) is 0. The first kappa shape index (κ1) is 7.70. The molecule has 0 aliphatic carbocycles. The molecular weight excluding hydrogens is 152 g/mol. The van der Waals surface area contributed by atoms with E-state index in [2.05, 4.69) is 5.92 Å². The van der Waals surface area contributed by atoms with Crippen molar-refractivity contribution in [1.82, 2.24) is 0 Å². The van der Waals surface area contributed by atoms with Gasteiger partial charge in [0.25, 0.3) is 0 Å². The summed E-state index contributed by atoms with van der Waals surface area (Å²) in [6.45, 7) is 1.56. The predicted octanol–water partition coefficient (Wildman–Crippen LogP) is 1.33. The Hall–Kier alpha value is -0.940. The Morgan fingerprint density at radius 3 is 2.75 bits per heavy atom. The first-order valence-corrected chi connectivity index (χ1v) is 4.27. The molecule has 2 atom stereocenters. The Balaban J connectivity index is 2.11. The summed E-state index contributed by atoms with van der Waals surface area (Å²) >= 11 is 0. The Labute approximate surface area is 72.5 Å². The summed E-state index contributed by atoms with van der Waals surface area (Å²) in [7, 11) is 0. The van der Waals surface area contributed by atoms with E-state index in [-0.39, 0.29) is 5.60 Å². The Bertz CT molecular complexity index is 233. The minimum Gasteiger partial charge on any atom is -0.501 e. The molecule has 2 aliphatic heterocycles. The third kappa shape index (κ3) is 1.02. The van der Waals surface area contributed by atoms with Crippen molar-refractivity contribution in [1.29, 1.82) is 0 Å². The number of terminal acetylenes is 1. The average Bonchev–Trinajstić information content (AvgIpc) is 2.05. The third-order valence-electron chi connectivity index (χ3n) is 2.63. The van der Waals surface area contributed by atoms with E-state index in [0.717, 1.165) is 26.1 Å². The first-order chi connectivity index (χ1) is 5.87. The molecule has 0 aromatic heterocycles. The van der Waals surface area contributed by atoms with E-state index in [1.54, 1.807) is 6.26 Å². The van der Waals surface area contributed by atoms with E-state index in [0.29, 0.717) is 5.92 Å². The molecule has 12 heavy (non-hydrogen) atoms. The smallest absolute Gasteiger partial charge is 0.137 e. The van der Waals surface area contributed by atoms with E-state index in [9.17, 15) is 0 Å². The lowest BCUT2D eigenvalue weighted by atomic mass is 9.79. The lowest BCUT2D eigenvalue weighted by Crippen LogP contribution is -2.49. The van der Waals surface area contributed by atoms with E-state index >= 15 is 0 Å². The van der Waals surface area contributed by atoms with Gasteiger partial charge in [0.2, 0.25) is 0 Å². The quantitative estimate of drug-likeness (QED) is 0.544. The number of hydrogen-bond acceptors (Lipinski definition) is 2. The standard InChI is InChI=1S/C10H12O2/c1-2-10(5-8-12-10)9-3-6-11-7-4-9/h1,3,6,9H,4-5,7-8H2. The number of ether oxygens (including phenoxy) is 2. The van der Waals surface area contributed by atoms with E-state index in [4.69, 9.17) is 15.9 Å². The molecule has 0 saturated carbocycles. The maximum Gasteiger partial charge on any atom is 0.137 e. The van der Waals surface area contributed by atoms with Gasteiger partial charge in [-0.25, -0.2) is 0 Å². The Kier molecular flexibility index (Phi) is 1.82. The molecule has 0 amide bonds. The van der Waals surface area contributed by atoms with Crippen LogP contribution in [0.2, 0.25) is 0 Å². The van der Waals surface area contributed by atoms with Gasteiger partial charge in [-0.3, -0.25) is 0 Å². The maximum atomic E-state index is 5.46. The van der Waals surface area contributed by atoms with Gasteiger partial charge in [-0.2, -0.15) is 0 Å². The van der Waals surface area contributed by atoms with Crippen molar-refractivity contribution >= 4 is 0 Å². The van der Waals surface area contributed by atoms with Crippen LogP contribution in [-0.4, -0.2) is 18.8 Å². The molecule has 0 bridgehead atoms. The van der Waals surface area contributed by atoms with Gasteiger partial charge in [0.1, 0.15) is 5.60 Å². The van der Waals surface area contributed by atoms with Crippen molar-refractivity contribution in [2.24, 2.45) is 5.92 Å². The SMILES string of the molecule is C#CC1(C2C=COCC2)CCO1. The van der Waals surface area contributed by atoms with Gasteiger partial charge >= 0.3 is 0 Å². The van der Waals surface area contributed by atoms with E-state index in [1.807, 2.05) is 6.08 Å². The lowest BCUT2D eigenvalue weighted by Gasteiger charge is -2.43. The van der Waals surface area contributed by atoms with Crippen molar-refractivity contribution in [2.75, 3.05) is 13.2 Å². The second-order valence-corrected chi connectivity index (χ2v) is 3.23. The summed E-state index contributed by atoms with van der Waals surface area (Å²) in [5.74, 6) is 3.11. The van der Waals surface area contributed by atoms with Crippen LogP contribution in [0.15, 0.2) is 12.3 Å². The third-order valence-corrected chi connectivity index (χ3v) is 2.63. The van der Waals surface area contributed by atoms with Crippen LogP contribution in [0.1, 0.15) is 12.8 Å². The van der Waals surface area contributed by atoms with Crippen LogP contribution in [0.25, 0.3) is 0 Å². The summed E-state index contributed by atoms with van der Waals surface area (Å²) < 4.78 is 10.6. The van der Waals surface area contributed by atoms with Gasteiger partial charge in [-0.05, 0) is 12.5 Å². The zero-order valence-electron chi connectivity index (χ0n) is 6.95. The minimum atomic E-state index is -0.305. The molecule has 0 aromatic rings. The van der Waals surface area contributed by atoms with Crippen LogP contribution >= 0.6 is 0 Å². The van der Waals surface area contributed by atoms with Crippen molar-refractivity contribution in [2.45, 2.75) is 18.4 Å². The fourth-order valence-corrected chi connectivity index (χ4v) is 1.73. The first-order valence-electron chi connectivity index (χ1n) is 4.27. The molecule has 2 heterocycles. The Morgan fingerprint density at radius 1 is 1.50 bits per heavy atom. The van der Waals surface area contributed by atoms with Crippen LogP contribution in [0.4, 0.5) is 0 Å². The van der Waals surface area contributed by atoms with Crippen LogP contribution in [-0.2, 0) is 9.47 Å². The van der Waals surface area contributed by atoms with E-state index < -0.39 is 0 Å². The molecule has 0 aromatic carbocycles. The zero-order chi connectivity index (χ0) is 8.44. The van der Waals surface area contributed by atoms with Gasteiger partial charge in [0.05, 0.1) is 19.5 Å². The van der Waals surface area contributed by atoms with Gasteiger partial charge < -0.3 is 9.47 Å². The van der Waals surface area contributed by atoms with Crippen molar-refractivity contribution in [3.63, 3.8) is 0 Å². The molecule has 2 aliphatic rings. The van der Waals surface area contributed by atoms with Crippen molar-refractivity contribution in [3.05, 3.63) is 12.3 Å². The normalized spacial score (nSPS) is 39.4. The molecule has 2 rings (SSSR count).